The summed E-state index contributed by atoms with van der Waals surface area (Å²) in [7, 11) is 0. The van der Waals surface area contributed by atoms with Crippen molar-refractivity contribution in [3.63, 3.8) is 0 Å². The summed E-state index contributed by atoms with van der Waals surface area (Å²) >= 11 is 1.88. The number of benzene rings is 7. The Morgan fingerprint density at radius 2 is 0.789 bits per heavy atom. The molecular formula is C37H24S. The molecule has 0 radical (unpaired) electrons. The summed E-state index contributed by atoms with van der Waals surface area (Å²) < 4.78 is 0. The molecule has 1 heterocycles. The Morgan fingerprint density at radius 1 is 0.342 bits per heavy atom. The highest BCUT2D eigenvalue weighted by Crippen LogP contribution is 2.56. The average molecular weight is 501 g/mol. The molecule has 0 amide bonds. The second-order valence-corrected chi connectivity index (χ2v) is 11.1. The van der Waals surface area contributed by atoms with Gasteiger partial charge in [-0.3, -0.25) is 0 Å². The fraction of sp³-hybridized carbons (Fsp3) is 0.0270. The van der Waals surface area contributed by atoms with E-state index in [-0.39, 0.29) is 0 Å². The largest absolute Gasteiger partial charge is 0.0894 e. The van der Waals surface area contributed by atoms with Crippen LogP contribution >= 0.6 is 11.8 Å². The summed E-state index contributed by atoms with van der Waals surface area (Å²) in [6.07, 6.45) is 0. The van der Waals surface area contributed by atoms with Gasteiger partial charge in [0.25, 0.3) is 0 Å². The van der Waals surface area contributed by atoms with E-state index in [2.05, 4.69) is 146 Å². The predicted molar refractivity (Wildman–Crippen MR) is 161 cm³/mol. The lowest BCUT2D eigenvalue weighted by Crippen LogP contribution is -2.34. The van der Waals surface area contributed by atoms with Gasteiger partial charge in [-0.1, -0.05) is 139 Å². The second kappa shape index (κ2) is 8.34. The van der Waals surface area contributed by atoms with Crippen LogP contribution in [0.1, 0.15) is 22.3 Å². The summed E-state index contributed by atoms with van der Waals surface area (Å²) in [4.78, 5) is 2.64. The van der Waals surface area contributed by atoms with Crippen LogP contribution in [-0.2, 0) is 5.41 Å². The lowest BCUT2D eigenvalue weighted by Gasteiger charge is -2.42. The van der Waals surface area contributed by atoms with Crippen molar-refractivity contribution in [3.05, 3.63) is 168 Å². The monoisotopic (exact) mass is 500 g/mol. The van der Waals surface area contributed by atoms with Gasteiger partial charge in [0.1, 0.15) is 0 Å². The maximum atomic E-state index is 2.47. The quantitative estimate of drug-likeness (QED) is 0.213. The fourth-order valence-corrected chi connectivity index (χ4v) is 7.80. The van der Waals surface area contributed by atoms with Crippen molar-refractivity contribution < 1.29 is 0 Å². The summed E-state index contributed by atoms with van der Waals surface area (Å²) in [5, 5.41) is 7.84. The van der Waals surface area contributed by atoms with Crippen LogP contribution in [0.25, 0.3) is 32.3 Å². The Hall–Kier alpha value is -4.33. The molecular weight excluding hydrogens is 476 g/mol. The summed E-state index contributed by atoms with van der Waals surface area (Å²) in [6, 6.07) is 53.9. The Bertz CT molecular complexity index is 1920. The fourth-order valence-electron chi connectivity index (χ4n) is 6.61. The van der Waals surface area contributed by atoms with Crippen LogP contribution in [0, 0.1) is 0 Å². The van der Waals surface area contributed by atoms with Crippen molar-refractivity contribution in [1.82, 2.24) is 0 Å². The molecule has 0 unspecified atom stereocenters. The van der Waals surface area contributed by atoms with Gasteiger partial charge in [-0.25, -0.2) is 0 Å². The first kappa shape index (κ1) is 21.7. The van der Waals surface area contributed by atoms with Crippen LogP contribution in [0.4, 0.5) is 0 Å². The molecule has 0 saturated carbocycles. The molecule has 0 saturated heterocycles. The lowest BCUT2D eigenvalue weighted by molar-refractivity contribution is 0.704. The van der Waals surface area contributed by atoms with Gasteiger partial charge in [0.15, 0.2) is 0 Å². The number of rotatable bonds is 2. The molecule has 0 fully saturated rings. The highest BCUT2D eigenvalue weighted by molar-refractivity contribution is 7.99. The number of hydrogen-bond acceptors (Lipinski definition) is 1. The van der Waals surface area contributed by atoms with Crippen molar-refractivity contribution in [2.24, 2.45) is 0 Å². The Balaban J connectivity index is 1.57. The molecule has 0 aliphatic carbocycles. The zero-order valence-electron chi connectivity index (χ0n) is 20.8. The normalized spacial score (nSPS) is 13.9. The van der Waals surface area contributed by atoms with Crippen LogP contribution in [0.5, 0.6) is 0 Å². The second-order valence-electron chi connectivity index (χ2n) is 10.1. The third-order valence-corrected chi connectivity index (χ3v) is 9.34. The standard InChI is InChI=1S/C37H24S/c1-2-12-25(13-3-1)37(33-18-8-10-20-35(33)38-36-21-11-9-19-34(36)37)26-22-23-31-29-16-5-4-14-27(29)28-15-6-7-17-30(28)32(31)24-26/h1-24H. The topological polar surface area (TPSA) is 0 Å². The molecule has 0 bridgehead atoms. The van der Waals surface area contributed by atoms with E-state index in [9.17, 15) is 0 Å². The summed E-state index contributed by atoms with van der Waals surface area (Å²) in [6.45, 7) is 0. The molecule has 0 spiro atoms. The van der Waals surface area contributed by atoms with E-state index in [1.165, 1.54) is 64.4 Å². The zero-order valence-corrected chi connectivity index (χ0v) is 21.6. The number of hydrogen-bond donors (Lipinski definition) is 0. The van der Waals surface area contributed by atoms with Gasteiger partial charge in [0.05, 0.1) is 5.41 Å². The van der Waals surface area contributed by atoms with E-state index in [1.807, 2.05) is 11.8 Å². The molecule has 0 N–H and O–H groups in total. The molecule has 0 aromatic heterocycles. The van der Waals surface area contributed by atoms with Crippen molar-refractivity contribution in [2.75, 3.05) is 0 Å². The SMILES string of the molecule is c1ccc(C2(c3ccc4c5ccccc5c5ccccc5c4c3)c3ccccc3Sc3ccccc32)cc1. The van der Waals surface area contributed by atoms with Crippen molar-refractivity contribution in [2.45, 2.75) is 15.2 Å². The van der Waals surface area contributed by atoms with Crippen molar-refractivity contribution in [3.8, 4) is 0 Å². The Kier molecular flexibility index (Phi) is 4.77. The minimum atomic E-state index is -0.416. The smallest absolute Gasteiger partial charge is 0.0723 e. The van der Waals surface area contributed by atoms with Crippen LogP contribution in [0.15, 0.2) is 155 Å². The van der Waals surface area contributed by atoms with E-state index in [0.717, 1.165) is 0 Å². The molecule has 0 atom stereocenters. The first-order chi connectivity index (χ1) is 18.9. The minimum Gasteiger partial charge on any atom is -0.0894 e. The summed E-state index contributed by atoms with van der Waals surface area (Å²) in [5.74, 6) is 0. The van der Waals surface area contributed by atoms with Crippen LogP contribution in [0.2, 0.25) is 0 Å². The molecule has 38 heavy (non-hydrogen) atoms. The highest BCUT2D eigenvalue weighted by Gasteiger charge is 2.44. The lowest BCUT2D eigenvalue weighted by atomic mass is 9.64. The molecule has 1 aliphatic rings. The van der Waals surface area contributed by atoms with Gasteiger partial charge in [0, 0.05) is 9.79 Å². The first-order valence-electron chi connectivity index (χ1n) is 13.1. The van der Waals surface area contributed by atoms with Gasteiger partial charge < -0.3 is 0 Å². The van der Waals surface area contributed by atoms with E-state index in [4.69, 9.17) is 0 Å². The molecule has 7 aromatic rings. The Labute approximate surface area is 226 Å². The van der Waals surface area contributed by atoms with Gasteiger partial charge in [0.2, 0.25) is 0 Å². The van der Waals surface area contributed by atoms with Crippen LogP contribution in [-0.4, -0.2) is 0 Å². The minimum absolute atomic E-state index is 0.416. The molecule has 7 aromatic carbocycles. The maximum Gasteiger partial charge on any atom is 0.0723 e. The third-order valence-electron chi connectivity index (χ3n) is 8.19. The maximum absolute atomic E-state index is 2.47. The number of fused-ring (bicyclic) bond motifs is 8. The van der Waals surface area contributed by atoms with E-state index in [1.54, 1.807) is 0 Å². The third kappa shape index (κ3) is 2.94. The molecule has 1 aliphatic heterocycles. The predicted octanol–water partition coefficient (Wildman–Crippen LogP) is 9.99. The van der Waals surface area contributed by atoms with E-state index >= 15 is 0 Å². The van der Waals surface area contributed by atoms with Crippen molar-refractivity contribution >= 4 is 44.1 Å². The molecule has 0 nitrogen and oxygen atoms in total. The van der Waals surface area contributed by atoms with Crippen LogP contribution in [0.3, 0.4) is 0 Å². The zero-order chi connectivity index (χ0) is 25.1. The van der Waals surface area contributed by atoms with E-state index < -0.39 is 5.41 Å². The van der Waals surface area contributed by atoms with Crippen molar-refractivity contribution in [1.29, 1.82) is 0 Å². The van der Waals surface area contributed by atoms with Gasteiger partial charge in [-0.05, 0) is 72.8 Å². The first-order valence-corrected chi connectivity index (χ1v) is 13.9. The molecule has 1 heteroatoms. The van der Waals surface area contributed by atoms with Gasteiger partial charge in [-0.15, -0.1) is 0 Å². The van der Waals surface area contributed by atoms with Gasteiger partial charge >= 0.3 is 0 Å². The van der Waals surface area contributed by atoms with Crippen LogP contribution < -0.4 is 0 Å². The van der Waals surface area contributed by atoms with E-state index in [0.29, 0.717) is 0 Å². The van der Waals surface area contributed by atoms with Gasteiger partial charge in [-0.2, -0.15) is 0 Å². The molecule has 178 valence electrons. The Morgan fingerprint density at radius 3 is 1.37 bits per heavy atom. The highest BCUT2D eigenvalue weighted by atomic mass is 32.2. The summed E-state index contributed by atoms with van der Waals surface area (Å²) in [5.41, 5.74) is 4.88. The average Bonchev–Trinajstić information content (AvgIpc) is 3.00. The molecule has 8 rings (SSSR count).